The SMILES string of the molecule is COP(=O)(CC(F)(F)F)OCC(F)(F)F. The molecule has 1 unspecified atom stereocenters. The van der Waals surface area contributed by atoms with Gasteiger partial charge in [0.25, 0.3) is 0 Å². The molecule has 15 heavy (non-hydrogen) atoms. The summed E-state index contributed by atoms with van der Waals surface area (Å²) >= 11 is 0. The van der Waals surface area contributed by atoms with Crippen LogP contribution in [0, 0.1) is 0 Å². The quantitative estimate of drug-likeness (QED) is 0.575. The van der Waals surface area contributed by atoms with Gasteiger partial charge in [0.05, 0.1) is 0 Å². The van der Waals surface area contributed by atoms with Gasteiger partial charge in [-0.3, -0.25) is 9.09 Å². The van der Waals surface area contributed by atoms with Crippen LogP contribution in [0.5, 0.6) is 0 Å². The highest BCUT2D eigenvalue weighted by Gasteiger charge is 2.43. The molecule has 0 aliphatic heterocycles. The maximum atomic E-state index is 11.7. The van der Waals surface area contributed by atoms with Crippen molar-refractivity contribution >= 4 is 7.60 Å². The van der Waals surface area contributed by atoms with Crippen LogP contribution in [0.15, 0.2) is 0 Å². The monoisotopic (exact) mass is 260 g/mol. The molecule has 92 valence electrons. The van der Waals surface area contributed by atoms with Gasteiger partial charge in [-0.25, -0.2) is 0 Å². The van der Waals surface area contributed by atoms with Crippen LogP contribution >= 0.6 is 7.60 Å². The van der Waals surface area contributed by atoms with Gasteiger partial charge < -0.3 is 4.52 Å². The first-order chi connectivity index (χ1) is 6.47. The number of hydrogen-bond donors (Lipinski definition) is 0. The van der Waals surface area contributed by atoms with Gasteiger partial charge in [-0.1, -0.05) is 0 Å². The molecule has 0 rings (SSSR count). The largest absolute Gasteiger partial charge is 0.412 e. The molecule has 0 fully saturated rings. The van der Waals surface area contributed by atoms with E-state index < -0.39 is 32.7 Å². The van der Waals surface area contributed by atoms with Gasteiger partial charge in [0.2, 0.25) is 0 Å². The van der Waals surface area contributed by atoms with Crippen LogP contribution in [-0.2, 0) is 13.6 Å². The number of halogens is 6. The molecule has 0 saturated heterocycles. The zero-order valence-electron chi connectivity index (χ0n) is 7.35. The van der Waals surface area contributed by atoms with Crippen molar-refractivity contribution in [3.63, 3.8) is 0 Å². The van der Waals surface area contributed by atoms with Gasteiger partial charge in [0.15, 0.2) is 6.61 Å². The van der Waals surface area contributed by atoms with Crippen molar-refractivity contribution in [3.8, 4) is 0 Å². The van der Waals surface area contributed by atoms with E-state index in [1.54, 1.807) is 0 Å². The molecule has 0 aromatic heterocycles. The Labute approximate surface area is 80.9 Å². The lowest BCUT2D eigenvalue weighted by Crippen LogP contribution is -2.21. The van der Waals surface area contributed by atoms with Crippen LogP contribution in [0.2, 0.25) is 0 Å². The standard InChI is InChI=1S/C5H7F6O3P/c1-13-15(12,3-5(9,10)11)14-2-4(6,7)8/h2-3H2,1H3. The molecule has 0 spiro atoms. The zero-order valence-corrected chi connectivity index (χ0v) is 8.25. The molecule has 3 nitrogen and oxygen atoms in total. The van der Waals surface area contributed by atoms with E-state index in [9.17, 15) is 30.9 Å². The molecule has 0 saturated carbocycles. The van der Waals surface area contributed by atoms with E-state index in [0.29, 0.717) is 7.11 Å². The molecule has 0 aliphatic carbocycles. The number of hydrogen-bond acceptors (Lipinski definition) is 3. The second-order valence-electron chi connectivity index (χ2n) is 2.46. The van der Waals surface area contributed by atoms with E-state index in [2.05, 4.69) is 9.05 Å². The topological polar surface area (TPSA) is 35.5 Å². The van der Waals surface area contributed by atoms with Gasteiger partial charge in [0.1, 0.15) is 6.16 Å². The molecule has 0 N–H and O–H groups in total. The second-order valence-corrected chi connectivity index (χ2v) is 4.62. The summed E-state index contributed by atoms with van der Waals surface area (Å²) in [6.07, 6.45) is -11.8. The first-order valence-electron chi connectivity index (χ1n) is 3.40. The molecule has 0 bridgehead atoms. The molecule has 10 heteroatoms. The fraction of sp³-hybridized carbons (Fsp3) is 1.00. The Balaban J connectivity index is 4.40. The van der Waals surface area contributed by atoms with E-state index in [4.69, 9.17) is 0 Å². The van der Waals surface area contributed by atoms with E-state index >= 15 is 0 Å². The summed E-state index contributed by atoms with van der Waals surface area (Å²) in [5, 5.41) is 0. The minimum absolute atomic E-state index is 0.586. The lowest BCUT2D eigenvalue weighted by atomic mass is 10.7. The molecule has 0 amide bonds. The summed E-state index contributed by atoms with van der Waals surface area (Å²) in [6, 6.07) is 0. The van der Waals surface area contributed by atoms with Gasteiger partial charge >= 0.3 is 19.9 Å². The molecular formula is C5H7F6O3P. The smallest absolute Gasteiger partial charge is 0.312 e. The predicted molar refractivity (Wildman–Crippen MR) is 37.5 cm³/mol. The maximum absolute atomic E-state index is 11.7. The van der Waals surface area contributed by atoms with E-state index in [1.807, 2.05) is 0 Å². The van der Waals surface area contributed by atoms with Crippen LogP contribution < -0.4 is 0 Å². The Bertz CT molecular complexity index is 246. The summed E-state index contributed by atoms with van der Waals surface area (Å²) in [4.78, 5) is 0. The fourth-order valence-electron chi connectivity index (χ4n) is 0.554. The van der Waals surface area contributed by atoms with Crippen molar-refractivity contribution in [2.75, 3.05) is 19.9 Å². The lowest BCUT2D eigenvalue weighted by Gasteiger charge is -2.18. The van der Waals surface area contributed by atoms with Crippen molar-refractivity contribution < 1.29 is 40.0 Å². The van der Waals surface area contributed by atoms with E-state index in [0.717, 1.165) is 0 Å². The van der Waals surface area contributed by atoms with Crippen LogP contribution in [0.3, 0.4) is 0 Å². The highest BCUT2D eigenvalue weighted by atomic mass is 31.2. The Hall–Kier alpha value is -0.270. The predicted octanol–water partition coefficient (Wildman–Crippen LogP) is 2.97. The Morgan fingerprint density at radius 1 is 1.07 bits per heavy atom. The Kier molecular flexibility index (Phi) is 4.63. The Morgan fingerprint density at radius 2 is 1.53 bits per heavy atom. The molecule has 1 atom stereocenters. The van der Waals surface area contributed by atoms with Crippen LogP contribution in [0.25, 0.3) is 0 Å². The third-order valence-corrected chi connectivity index (χ3v) is 2.90. The lowest BCUT2D eigenvalue weighted by molar-refractivity contribution is -0.157. The van der Waals surface area contributed by atoms with Gasteiger partial charge in [-0.2, -0.15) is 26.3 Å². The van der Waals surface area contributed by atoms with Crippen molar-refractivity contribution in [2.24, 2.45) is 0 Å². The molecule has 0 heterocycles. The van der Waals surface area contributed by atoms with Gasteiger partial charge in [0, 0.05) is 7.11 Å². The second kappa shape index (κ2) is 4.71. The normalized spacial score (nSPS) is 17.5. The van der Waals surface area contributed by atoms with Crippen molar-refractivity contribution in [1.29, 1.82) is 0 Å². The number of alkyl halides is 6. The zero-order chi connectivity index (χ0) is 12.3. The first-order valence-corrected chi connectivity index (χ1v) is 5.13. The summed E-state index contributed by atoms with van der Waals surface area (Å²) in [5.74, 6) is 0. The van der Waals surface area contributed by atoms with Crippen LogP contribution in [0.1, 0.15) is 0 Å². The fourth-order valence-corrected chi connectivity index (χ4v) is 1.66. The minimum atomic E-state index is -4.92. The molecule has 0 aromatic carbocycles. The third-order valence-electron chi connectivity index (χ3n) is 1.08. The minimum Gasteiger partial charge on any atom is -0.312 e. The maximum Gasteiger partial charge on any atom is 0.412 e. The molecule has 0 aliphatic rings. The highest BCUT2D eigenvalue weighted by molar-refractivity contribution is 7.53. The third kappa shape index (κ3) is 7.64. The van der Waals surface area contributed by atoms with Crippen LogP contribution in [-0.4, -0.2) is 32.2 Å². The van der Waals surface area contributed by atoms with Crippen molar-refractivity contribution in [3.05, 3.63) is 0 Å². The summed E-state index contributed by atoms with van der Waals surface area (Å²) in [5.41, 5.74) is 0. The summed E-state index contributed by atoms with van der Waals surface area (Å²) < 4.78 is 88.4. The van der Waals surface area contributed by atoms with E-state index in [1.165, 1.54) is 0 Å². The van der Waals surface area contributed by atoms with E-state index in [-0.39, 0.29) is 0 Å². The molecule has 0 radical (unpaired) electrons. The summed E-state index contributed by atoms with van der Waals surface area (Å²) in [7, 11) is -4.18. The summed E-state index contributed by atoms with van der Waals surface area (Å²) in [6.45, 7) is -2.05. The Morgan fingerprint density at radius 3 is 1.80 bits per heavy atom. The first kappa shape index (κ1) is 14.7. The van der Waals surface area contributed by atoms with Crippen molar-refractivity contribution in [2.45, 2.75) is 12.4 Å². The van der Waals surface area contributed by atoms with Gasteiger partial charge in [-0.15, -0.1) is 0 Å². The van der Waals surface area contributed by atoms with Crippen LogP contribution in [0.4, 0.5) is 26.3 Å². The van der Waals surface area contributed by atoms with Gasteiger partial charge in [-0.05, 0) is 0 Å². The highest BCUT2D eigenvalue weighted by Crippen LogP contribution is 2.51. The average molecular weight is 260 g/mol. The average Bonchev–Trinajstić information content (AvgIpc) is 1.97. The molecule has 0 aromatic rings. The van der Waals surface area contributed by atoms with Crippen molar-refractivity contribution in [1.82, 2.24) is 0 Å². The number of rotatable bonds is 4. The molecular weight excluding hydrogens is 253 g/mol.